The summed E-state index contributed by atoms with van der Waals surface area (Å²) in [5, 5.41) is 4.10. The molecule has 2 aromatic rings. The molecule has 1 saturated carbocycles. The molecule has 1 fully saturated rings. The number of nitrogens with zero attached hydrogens (tertiary/aromatic N) is 1. The van der Waals surface area contributed by atoms with Crippen molar-refractivity contribution in [2.45, 2.75) is 32.3 Å². The lowest BCUT2D eigenvalue weighted by Gasteiger charge is -2.04. The summed E-state index contributed by atoms with van der Waals surface area (Å²) in [7, 11) is 0. The molecule has 2 heteroatoms. The molecule has 2 aromatic carbocycles. The van der Waals surface area contributed by atoms with Gasteiger partial charge in [0.05, 0.1) is 0 Å². The lowest BCUT2D eigenvalue weighted by molar-refractivity contribution is 0.130. The van der Waals surface area contributed by atoms with Gasteiger partial charge in [0.15, 0.2) is 0 Å². The van der Waals surface area contributed by atoms with Crippen molar-refractivity contribution in [3.8, 4) is 11.1 Å². The van der Waals surface area contributed by atoms with E-state index in [2.05, 4.69) is 53.7 Å². The predicted molar refractivity (Wildman–Crippen MR) is 87.1 cm³/mol. The lowest BCUT2D eigenvalue weighted by atomic mass is 10.0. The minimum atomic E-state index is 0.540. The van der Waals surface area contributed by atoms with E-state index in [-0.39, 0.29) is 0 Å². The Labute approximate surface area is 126 Å². The molecule has 108 valence electrons. The number of oxime groups is 1. The highest BCUT2D eigenvalue weighted by molar-refractivity contribution is 5.63. The van der Waals surface area contributed by atoms with Crippen LogP contribution in [0.3, 0.4) is 0 Å². The van der Waals surface area contributed by atoms with E-state index in [9.17, 15) is 0 Å². The number of benzene rings is 2. The molecule has 0 N–H and O–H groups in total. The van der Waals surface area contributed by atoms with Crippen molar-refractivity contribution < 1.29 is 4.84 Å². The smallest absolute Gasteiger partial charge is 0.142 e. The number of hydrogen-bond donors (Lipinski definition) is 0. The van der Waals surface area contributed by atoms with Crippen molar-refractivity contribution in [2.24, 2.45) is 11.1 Å². The summed E-state index contributed by atoms with van der Waals surface area (Å²) in [6.07, 6.45) is 7.16. The van der Waals surface area contributed by atoms with Crippen molar-refractivity contribution in [1.82, 2.24) is 0 Å². The van der Waals surface area contributed by atoms with Gasteiger partial charge in [-0.3, -0.25) is 0 Å². The molecule has 0 saturated heterocycles. The zero-order valence-electron chi connectivity index (χ0n) is 12.2. The molecule has 0 bridgehead atoms. The fourth-order valence-corrected chi connectivity index (χ4v) is 2.77. The summed E-state index contributed by atoms with van der Waals surface area (Å²) in [5.74, 6) is 0.630. The molecular weight excluding hydrogens is 258 g/mol. The van der Waals surface area contributed by atoms with Crippen LogP contribution in [0.15, 0.2) is 59.8 Å². The molecule has 0 heterocycles. The summed E-state index contributed by atoms with van der Waals surface area (Å²) in [6.45, 7) is 0.540. The highest BCUT2D eigenvalue weighted by Gasteiger charge is 2.12. The fraction of sp³-hybridized carbons (Fsp3) is 0.316. The SMILES string of the molecule is C(=NOCc1ccc(-c2ccccc2)cc1)C1CCCC1. The Morgan fingerprint density at radius 1 is 0.905 bits per heavy atom. The summed E-state index contributed by atoms with van der Waals surface area (Å²) in [6, 6.07) is 18.9. The van der Waals surface area contributed by atoms with E-state index in [1.165, 1.54) is 36.8 Å². The average molecular weight is 279 g/mol. The average Bonchev–Trinajstić information content (AvgIpc) is 3.06. The second-order valence-corrected chi connectivity index (χ2v) is 5.64. The third kappa shape index (κ3) is 3.94. The van der Waals surface area contributed by atoms with Crippen molar-refractivity contribution in [1.29, 1.82) is 0 Å². The van der Waals surface area contributed by atoms with Gasteiger partial charge >= 0.3 is 0 Å². The Morgan fingerprint density at radius 2 is 1.57 bits per heavy atom. The number of rotatable bonds is 5. The largest absolute Gasteiger partial charge is 0.391 e. The lowest BCUT2D eigenvalue weighted by Crippen LogP contribution is -1.95. The van der Waals surface area contributed by atoms with Crippen molar-refractivity contribution >= 4 is 6.21 Å². The topological polar surface area (TPSA) is 21.6 Å². The zero-order valence-corrected chi connectivity index (χ0v) is 12.2. The van der Waals surface area contributed by atoms with Crippen LogP contribution in [-0.2, 0) is 11.4 Å². The van der Waals surface area contributed by atoms with Gasteiger partial charge in [-0.25, -0.2) is 0 Å². The fourth-order valence-electron chi connectivity index (χ4n) is 2.77. The van der Waals surface area contributed by atoms with Gasteiger partial charge in [0.25, 0.3) is 0 Å². The van der Waals surface area contributed by atoms with E-state index >= 15 is 0 Å². The minimum absolute atomic E-state index is 0.540. The van der Waals surface area contributed by atoms with E-state index in [0.717, 1.165) is 5.56 Å². The van der Waals surface area contributed by atoms with Crippen molar-refractivity contribution in [3.05, 3.63) is 60.2 Å². The first-order chi connectivity index (χ1) is 10.4. The summed E-state index contributed by atoms with van der Waals surface area (Å²) in [4.78, 5) is 5.40. The van der Waals surface area contributed by atoms with Gasteiger partial charge in [0, 0.05) is 6.21 Å². The van der Waals surface area contributed by atoms with E-state index in [1.54, 1.807) is 0 Å². The molecule has 21 heavy (non-hydrogen) atoms. The van der Waals surface area contributed by atoms with E-state index in [4.69, 9.17) is 4.84 Å². The molecule has 2 nitrogen and oxygen atoms in total. The Bertz CT molecular complexity index is 568. The maximum absolute atomic E-state index is 5.40. The van der Waals surface area contributed by atoms with Crippen LogP contribution < -0.4 is 0 Å². The van der Waals surface area contributed by atoms with Crippen LogP contribution in [-0.4, -0.2) is 6.21 Å². The normalized spacial score (nSPS) is 15.6. The quantitative estimate of drug-likeness (QED) is 0.554. The molecule has 3 rings (SSSR count). The number of hydrogen-bond acceptors (Lipinski definition) is 2. The Hall–Kier alpha value is -2.09. The van der Waals surface area contributed by atoms with Crippen LogP contribution in [0.2, 0.25) is 0 Å². The van der Waals surface area contributed by atoms with Crippen LogP contribution >= 0.6 is 0 Å². The van der Waals surface area contributed by atoms with Gasteiger partial charge in [-0.05, 0) is 35.4 Å². The van der Waals surface area contributed by atoms with Gasteiger partial charge < -0.3 is 4.84 Å². The molecule has 0 radical (unpaired) electrons. The maximum Gasteiger partial charge on any atom is 0.142 e. The highest BCUT2D eigenvalue weighted by Crippen LogP contribution is 2.23. The van der Waals surface area contributed by atoms with Crippen molar-refractivity contribution in [3.63, 3.8) is 0 Å². The Morgan fingerprint density at radius 3 is 2.29 bits per heavy atom. The zero-order chi connectivity index (χ0) is 14.3. The summed E-state index contributed by atoms with van der Waals surface area (Å²) >= 11 is 0. The van der Waals surface area contributed by atoms with Gasteiger partial charge in [0.1, 0.15) is 6.61 Å². The van der Waals surface area contributed by atoms with Gasteiger partial charge in [-0.2, -0.15) is 0 Å². The minimum Gasteiger partial charge on any atom is -0.391 e. The molecule has 1 aliphatic rings. The first-order valence-corrected chi connectivity index (χ1v) is 7.71. The summed E-state index contributed by atoms with van der Waals surface area (Å²) in [5.41, 5.74) is 3.62. The highest BCUT2D eigenvalue weighted by atomic mass is 16.6. The van der Waals surface area contributed by atoms with E-state index in [1.807, 2.05) is 12.3 Å². The second-order valence-electron chi connectivity index (χ2n) is 5.64. The maximum atomic E-state index is 5.40. The third-order valence-electron chi connectivity index (χ3n) is 4.04. The second kappa shape index (κ2) is 7.07. The van der Waals surface area contributed by atoms with Gasteiger partial charge in [-0.15, -0.1) is 0 Å². The van der Waals surface area contributed by atoms with E-state index < -0.39 is 0 Å². The van der Waals surface area contributed by atoms with Crippen LogP contribution in [0.1, 0.15) is 31.2 Å². The van der Waals surface area contributed by atoms with Crippen LogP contribution in [0, 0.1) is 5.92 Å². The van der Waals surface area contributed by atoms with Crippen LogP contribution in [0.4, 0.5) is 0 Å². The molecule has 0 unspecified atom stereocenters. The van der Waals surface area contributed by atoms with E-state index in [0.29, 0.717) is 12.5 Å². The predicted octanol–water partition coefficient (Wildman–Crippen LogP) is 5.05. The first kappa shape index (κ1) is 13.9. The molecule has 0 amide bonds. The molecule has 0 spiro atoms. The summed E-state index contributed by atoms with van der Waals surface area (Å²) < 4.78 is 0. The van der Waals surface area contributed by atoms with Crippen molar-refractivity contribution in [2.75, 3.05) is 0 Å². The monoisotopic (exact) mass is 279 g/mol. The molecular formula is C19H21NO. The molecule has 0 aromatic heterocycles. The first-order valence-electron chi connectivity index (χ1n) is 7.71. The molecule has 1 aliphatic carbocycles. The van der Waals surface area contributed by atoms with Crippen LogP contribution in [0.5, 0.6) is 0 Å². The Balaban J connectivity index is 1.52. The third-order valence-corrected chi connectivity index (χ3v) is 4.04. The van der Waals surface area contributed by atoms with Crippen LogP contribution in [0.25, 0.3) is 11.1 Å². The Kier molecular flexibility index (Phi) is 4.67. The molecule has 0 aliphatic heterocycles. The molecule has 0 atom stereocenters. The van der Waals surface area contributed by atoms with Gasteiger partial charge in [0.2, 0.25) is 0 Å². The van der Waals surface area contributed by atoms with Gasteiger partial charge in [-0.1, -0.05) is 72.6 Å². The standard InChI is InChI=1S/C19H21NO/c1-2-8-18(9-3-1)19-12-10-17(11-13-19)15-21-20-14-16-6-4-5-7-16/h1-3,8-14,16H,4-7,15H2.